The standard InChI is InChI=1S/C26H30O15/c27-10-4-13(29)11-6-17(24(39-16(11)5-10)9-1-2-12(28)14(30)3-9)40-26-23(36)21(34)20(33)18(41-26)8-38-25-22(35)19(32)15(31)7-37-25/h1-6,15,18-36H,7-8H2. The van der Waals surface area contributed by atoms with Crippen molar-refractivity contribution < 1.29 is 74.7 Å². The van der Waals surface area contributed by atoms with Crippen LogP contribution in [0.4, 0.5) is 0 Å². The average Bonchev–Trinajstić information content (AvgIpc) is 2.93. The van der Waals surface area contributed by atoms with Gasteiger partial charge in [-0.2, -0.15) is 0 Å². The topological polar surface area (TPSA) is 248 Å². The minimum absolute atomic E-state index is 0.0394. The van der Waals surface area contributed by atoms with E-state index in [1.807, 2.05) is 0 Å². The van der Waals surface area contributed by atoms with Crippen LogP contribution in [0.5, 0.6) is 28.7 Å². The number of aromatic hydroxyl groups is 4. The lowest BCUT2D eigenvalue weighted by molar-refractivity contribution is -0.316. The first-order valence-electron chi connectivity index (χ1n) is 12.5. The molecule has 15 nitrogen and oxygen atoms in total. The van der Waals surface area contributed by atoms with Gasteiger partial charge in [-0.25, -0.2) is 0 Å². The summed E-state index contributed by atoms with van der Waals surface area (Å²) in [6, 6.07) is 6.06. The zero-order chi connectivity index (χ0) is 29.6. The van der Waals surface area contributed by atoms with Crippen molar-refractivity contribution in [3.63, 3.8) is 0 Å². The number of aliphatic hydroxyl groups excluding tert-OH is 6. The van der Waals surface area contributed by atoms with Crippen LogP contribution < -0.4 is 4.74 Å². The summed E-state index contributed by atoms with van der Waals surface area (Å²) in [4.78, 5) is 0. The number of fused-ring (bicyclic) bond motifs is 1. The lowest BCUT2D eigenvalue weighted by Crippen LogP contribution is -2.60. The van der Waals surface area contributed by atoms with Gasteiger partial charge in [0.1, 0.15) is 65.7 Å². The van der Waals surface area contributed by atoms with E-state index < -0.39 is 79.5 Å². The van der Waals surface area contributed by atoms with E-state index in [4.69, 9.17) is 23.7 Å². The molecule has 3 heterocycles. The molecule has 0 saturated carbocycles. The Hall–Kier alpha value is -3.38. The number of ether oxygens (including phenoxy) is 5. The Morgan fingerprint density at radius 1 is 0.756 bits per heavy atom. The molecular formula is C26H30O15. The summed E-state index contributed by atoms with van der Waals surface area (Å²) in [6.07, 6.45) is -14.1. The Balaban J connectivity index is 1.39. The number of hydrogen-bond acceptors (Lipinski definition) is 15. The van der Waals surface area contributed by atoms with Crippen LogP contribution in [-0.2, 0) is 18.9 Å². The molecule has 0 radical (unpaired) electrons. The SMILES string of the molecule is Oc1cc(O)c2c(c1)OC(c1ccc(O)c(O)c1)C(OC1OC(COC3OCC(O)C(O)C3O)C(O)C(O)C1O)=C2. The third-order valence-electron chi connectivity index (χ3n) is 7.00. The first-order valence-corrected chi connectivity index (χ1v) is 12.5. The highest BCUT2D eigenvalue weighted by atomic mass is 16.7. The van der Waals surface area contributed by atoms with Crippen molar-refractivity contribution in [1.82, 2.24) is 0 Å². The fourth-order valence-electron chi connectivity index (χ4n) is 4.68. The van der Waals surface area contributed by atoms with Gasteiger partial charge in [-0.3, -0.25) is 0 Å². The molecule has 10 N–H and O–H groups in total. The summed E-state index contributed by atoms with van der Waals surface area (Å²) >= 11 is 0. The number of rotatable bonds is 6. The van der Waals surface area contributed by atoms with Crippen LogP contribution in [0.15, 0.2) is 36.1 Å². The van der Waals surface area contributed by atoms with Crippen molar-refractivity contribution in [2.24, 2.45) is 0 Å². The second-order valence-electron chi connectivity index (χ2n) is 9.89. The Kier molecular flexibility index (Phi) is 8.15. The third kappa shape index (κ3) is 5.72. The summed E-state index contributed by atoms with van der Waals surface area (Å²) in [6.45, 7) is -0.846. The zero-order valence-electron chi connectivity index (χ0n) is 21.2. The van der Waals surface area contributed by atoms with Crippen LogP contribution in [0, 0.1) is 0 Å². The van der Waals surface area contributed by atoms with Crippen molar-refractivity contribution in [2.75, 3.05) is 13.2 Å². The molecule has 10 unspecified atom stereocenters. The highest BCUT2D eigenvalue weighted by Crippen LogP contribution is 2.45. The summed E-state index contributed by atoms with van der Waals surface area (Å²) in [7, 11) is 0. The fraction of sp³-hybridized carbons (Fsp3) is 0.462. The van der Waals surface area contributed by atoms with E-state index in [-0.39, 0.29) is 40.7 Å². The molecule has 0 bridgehead atoms. The first-order chi connectivity index (χ1) is 19.4. The summed E-state index contributed by atoms with van der Waals surface area (Å²) in [5.41, 5.74) is 0.335. The molecule has 0 amide bonds. The molecular weight excluding hydrogens is 552 g/mol. The lowest BCUT2D eigenvalue weighted by Gasteiger charge is -2.42. The average molecular weight is 583 g/mol. The predicted molar refractivity (Wildman–Crippen MR) is 132 cm³/mol. The monoisotopic (exact) mass is 582 g/mol. The quantitative estimate of drug-likeness (QED) is 0.170. The van der Waals surface area contributed by atoms with Gasteiger partial charge >= 0.3 is 0 Å². The van der Waals surface area contributed by atoms with E-state index in [2.05, 4.69) is 0 Å². The van der Waals surface area contributed by atoms with Gasteiger partial charge in [0.15, 0.2) is 23.9 Å². The van der Waals surface area contributed by atoms with Gasteiger partial charge in [0.2, 0.25) is 6.29 Å². The van der Waals surface area contributed by atoms with E-state index in [1.165, 1.54) is 30.3 Å². The fourth-order valence-corrected chi connectivity index (χ4v) is 4.68. The first kappa shape index (κ1) is 29.1. The van der Waals surface area contributed by atoms with Gasteiger partial charge in [-0.05, 0) is 18.2 Å². The number of benzene rings is 2. The molecule has 3 aliphatic rings. The number of phenols is 4. The predicted octanol–water partition coefficient (Wildman–Crippen LogP) is -1.74. The summed E-state index contributed by atoms with van der Waals surface area (Å²) < 4.78 is 28.1. The molecule has 0 aromatic heterocycles. The molecule has 2 saturated heterocycles. The zero-order valence-corrected chi connectivity index (χ0v) is 21.2. The van der Waals surface area contributed by atoms with Crippen molar-refractivity contribution in [1.29, 1.82) is 0 Å². The molecule has 3 aliphatic heterocycles. The highest BCUT2D eigenvalue weighted by molar-refractivity contribution is 5.69. The Bertz CT molecular complexity index is 1280. The van der Waals surface area contributed by atoms with Crippen molar-refractivity contribution in [3.05, 3.63) is 47.2 Å². The third-order valence-corrected chi connectivity index (χ3v) is 7.00. The molecule has 5 rings (SSSR count). The molecule has 224 valence electrons. The maximum Gasteiger partial charge on any atom is 0.228 e. The molecule has 2 fully saturated rings. The molecule has 10 atom stereocenters. The van der Waals surface area contributed by atoms with Gasteiger partial charge < -0.3 is 74.7 Å². The van der Waals surface area contributed by atoms with Crippen LogP contribution in [0.3, 0.4) is 0 Å². The van der Waals surface area contributed by atoms with Gasteiger partial charge in [0, 0.05) is 17.7 Å². The van der Waals surface area contributed by atoms with E-state index in [0.717, 1.165) is 6.07 Å². The van der Waals surface area contributed by atoms with Gasteiger partial charge in [0.25, 0.3) is 0 Å². The van der Waals surface area contributed by atoms with Crippen molar-refractivity contribution in [3.8, 4) is 28.7 Å². The van der Waals surface area contributed by atoms with Crippen LogP contribution >= 0.6 is 0 Å². The van der Waals surface area contributed by atoms with E-state index in [1.54, 1.807) is 0 Å². The second kappa shape index (κ2) is 11.5. The Labute approximate surface area is 231 Å². The highest BCUT2D eigenvalue weighted by Gasteiger charge is 2.47. The molecule has 0 aliphatic carbocycles. The Morgan fingerprint density at radius 3 is 2.22 bits per heavy atom. The lowest BCUT2D eigenvalue weighted by atomic mass is 9.98. The largest absolute Gasteiger partial charge is 0.508 e. The maximum atomic E-state index is 10.7. The molecule has 2 aromatic carbocycles. The summed E-state index contributed by atoms with van der Waals surface area (Å²) in [5.74, 6) is -1.63. The van der Waals surface area contributed by atoms with E-state index in [0.29, 0.717) is 0 Å². The molecule has 15 heteroatoms. The van der Waals surface area contributed by atoms with Crippen molar-refractivity contribution in [2.45, 2.75) is 61.4 Å². The normalized spacial score (nSPS) is 35.2. The number of aliphatic hydroxyl groups is 6. The minimum Gasteiger partial charge on any atom is -0.508 e. The van der Waals surface area contributed by atoms with Gasteiger partial charge in [-0.1, -0.05) is 6.07 Å². The number of phenolic OH excluding ortho intramolecular Hbond substituents is 4. The molecule has 41 heavy (non-hydrogen) atoms. The Morgan fingerprint density at radius 2 is 1.49 bits per heavy atom. The van der Waals surface area contributed by atoms with Gasteiger partial charge in [-0.15, -0.1) is 0 Å². The maximum absolute atomic E-state index is 10.7. The van der Waals surface area contributed by atoms with Gasteiger partial charge in [0.05, 0.1) is 18.8 Å². The van der Waals surface area contributed by atoms with E-state index >= 15 is 0 Å². The smallest absolute Gasteiger partial charge is 0.228 e. The number of hydrogen-bond donors (Lipinski definition) is 10. The summed E-state index contributed by atoms with van der Waals surface area (Å²) in [5, 5.41) is 101. The van der Waals surface area contributed by atoms with Crippen LogP contribution in [0.25, 0.3) is 6.08 Å². The van der Waals surface area contributed by atoms with Crippen molar-refractivity contribution >= 4 is 6.08 Å². The molecule has 0 spiro atoms. The van der Waals surface area contributed by atoms with Crippen LogP contribution in [-0.4, -0.2) is 120 Å². The van der Waals surface area contributed by atoms with Crippen LogP contribution in [0.2, 0.25) is 0 Å². The van der Waals surface area contributed by atoms with E-state index in [9.17, 15) is 51.1 Å². The minimum atomic E-state index is -1.81. The molecule has 2 aromatic rings. The van der Waals surface area contributed by atoms with Crippen LogP contribution in [0.1, 0.15) is 17.2 Å². The second-order valence-corrected chi connectivity index (χ2v) is 9.89.